The molecule has 2 N–H and O–H groups in total. The summed E-state index contributed by atoms with van der Waals surface area (Å²) in [4.78, 5) is 12.6. The first-order valence-corrected chi connectivity index (χ1v) is 8.37. The molecule has 0 saturated carbocycles. The van der Waals surface area contributed by atoms with Crippen LogP contribution in [0.3, 0.4) is 0 Å². The van der Waals surface area contributed by atoms with Crippen molar-refractivity contribution in [2.24, 2.45) is 0 Å². The van der Waals surface area contributed by atoms with Gasteiger partial charge >= 0.3 is 0 Å². The van der Waals surface area contributed by atoms with Crippen molar-refractivity contribution < 1.29 is 24.5 Å². The molecule has 5 nitrogen and oxygen atoms in total. The molecule has 25 heavy (non-hydrogen) atoms. The monoisotopic (exact) mass is 340 g/mol. The van der Waals surface area contributed by atoms with Gasteiger partial charge in [0.25, 0.3) is 0 Å². The second-order valence-electron chi connectivity index (χ2n) is 7.17. The molecule has 0 radical (unpaired) electrons. The SMILES string of the molecule is CC1(C)Oc2ccc3c(c2C[C@H]1O)O[C@H](c1ccc(O)cc1)CC3=O. The fraction of sp³-hybridized carbons (Fsp3) is 0.350. The smallest absolute Gasteiger partial charge is 0.170 e. The molecule has 0 amide bonds. The molecule has 0 saturated heterocycles. The maximum Gasteiger partial charge on any atom is 0.170 e. The molecule has 0 bridgehead atoms. The molecule has 130 valence electrons. The van der Waals surface area contributed by atoms with E-state index in [4.69, 9.17) is 9.47 Å². The zero-order valence-electron chi connectivity index (χ0n) is 14.2. The summed E-state index contributed by atoms with van der Waals surface area (Å²) in [6.07, 6.45) is -0.481. The van der Waals surface area contributed by atoms with Gasteiger partial charge in [-0.2, -0.15) is 0 Å². The molecule has 0 unspecified atom stereocenters. The van der Waals surface area contributed by atoms with Gasteiger partial charge in [-0.3, -0.25) is 4.79 Å². The van der Waals surface area contributed by atoms with E-state index in [1.165, 1.54) is 0 Å². The molecule has 0 fully saturated rings. The Bertz CT molecular complexity index is 838. The Morgan fingerprint density at radius 1 is 1.08 bits per heavy atom. The molecule has 0 spiro atoms. The third-order valence-corrected chi connectivity index (χ3v) is 4.99. The molecular formula is C20H20O5. The van der Waals surface area contributed by atoms with E-state index in [1.807, 2.05) is 13.8 Å². The zero-order chi connectivity index (χ0) is 17.8. The van der Waals surface area contributed by atoms with E-state index in [2.05, 4.69) is 0 Å². The number of fused-ring (bicyclic) bond motifs is 3. The van der Waals surface area contributed by atoms with E-state index in [0.717, 1.165) is 11.1 Å². The summed E-state index contributed by atoms with van der Waals surface area (Å²) in [5.74, 6) is 1.32. The molecule has 4 rings (SSSR count). The number of aromatic hydroxyl groups is 1. The lowest BCUT2D eigenvalue weighted by Gasteiger charge is -2.39. The van der Waals surface area contributed by atoms with Gasteiger partial charge in [-0.25, -0.2) is 0 Å². The second-order valence-corrected chi connectivity index (χ2v) is 7.17. The van der Waals surface area contributed by atoms with E-state index in [-0.39, 0.29) is 18.0 Å². The van der Waals surface area contributed by atoms with Crippen LogP contribution in [0.2, 0.25) is 0 Å². The van der Waals surface area contributed by atoms with Crippen LogP contribution < -0.4 is 9.47 Å². The van der Waals surface area contributed by atoms with E-state index >= 15 is 0 Å². The standard InChI is InChI=1S/C20H20O5/c1-20(2)18(23)9-14-16(25-20)8-7-13-15(22)10-17(24-19(13)14)11-3-5-12(21)6-4-11/h3-8,17-18,21,23H,9-10H2,1-2H3/t17-,18+/m0/s1. The van der Waals surface area contributed by atoms with Crippen molar-refractivity contribution in [3.05, 3.63) is 53.1 Å². The number of Topliss-reactive ketones (excluding diaryl/α,β-unsaturated/α-hetero) is 1. The molecule has 5 heteroatoms. The van der Waals surface area contributed by atoms with Crippen LogP contribution in [0.25, 0.3) is 0 Å². The highest BCUT2D eigenvalue weighted by atomic mass is 16.5. The lowest BCUT2D eigenvalue weighted by atomic mass is 9.87. The lowest BCUT2D eigenvalue weighted by molar-refractivity contribution is -0.0422. The molecule has 2 atom stereocenters. The Hall–Kier alpha value is -2.53. The Balaban J connectivity index is 1.75. The summed E-state index contributed by atoms with van der Waals surface area (Å²) in [6, 6.07) is 10.2. The number of ether oxygens (including phenoxy) is 2. The zero-order valence-corrected chi connectivity index (χ0v) is 14.2. The number of ketones is 1. The van der Waals surface area contributed by atoms with Crippen LogP contribution in [-0.4, -0.2) is 27.7 Å². The van der Waals surface area contributed by atoms with Crippen LogP contribution in [0.4, 0.5) is 0 Å². The molecular weight excluding hydrogens is 320 g/mol. The number of hydrogen-bond acceptors (Lipinski definition) is 5. The maximum atomic E-state index is 12.6. The highest BCUT2D eigenvalue weighted by Gasteiger charge is 2.40. The number of phenolic OH excluding ortho intramolecular Hbond substituents is 1. The number of benzene rings is 2. The number of rotatable bonds is 1. The van der Waals surface area contributed by atoms with Gasteiger partial charge in [-0.15, -0.1) is 0 Å². The Kier molecular flexibility index (Phi) is 3.51. The van der Waals surface area contributed by atoms with Crippen molar-refractivity contribution >= 4 is 5.78 Å². The maximum absolute atomic E-state index is 12.6. The highest BCUT2D eigenvalue weighted by Crippen LogP contribution is 2.45. The van der Waals surface area contributed by atoms with Gasteiger partial charge in [-0.1, -0.05) is 12.1 Å². The molecule has 0 aliphatic carbocycles. The van der Waals surface area contributed by atoms with Gasteiger partial charge < -0.3 is 19.7 Å². The summed E-state index contributed by atoms with van der Waals surface area (Å²) in [5, 5.41) is 19.8. The van der Waals surface area contributed by atoms with E-state index in [9.17, 15) is 15.0 Å². The average Bonchev–Trinajstić information content (AvgIpc) is 2.56. The number of phenols is 1. The van der Waals surface area contributed by atoms with Gasteiger partial charge in [0.2, 0.25) is 0 Å². The second kappa shape index (κ2) is 5.49. The van der Waals surface area contributed by atoms with Crippen LogP contribution in [0, 0.1) is 0 Å². The van der Waals surface area contributed by atoms with Crippen molar-refractivity contribution in [2.75, 3.05) is 0 Å². The van der Waals surface area contributed by atoms with Crippen LogP contribution in [0.1, 0.15) is 47.9 Å². The van der Waals surface area contributed by atoms with Crippen molar-refractivity contribution in [2.45, 2.75) is 44.5 Å². The normalized spacial score (nSPS) is 23.9. The first kappa shape index (κ1) is 16.0. The van der Waals surface area contributed by atoms with Crippen LogP contribution in [0.15, 0.2) is 36.4 Å². The topological polar surface area (TPSA) is 76.0 Å². The summed E-state index contributed by atoms with van der Waals surface area (Å²) < 4.78 is 12.1. The van der Waals surface area contributed by atoms with E-state index in [1.54, 1.807) is 36.4 Å². The Morgan fingerprint density at radius 3 is 2.52 bits per heavy atom. The van der Waals surface area contributed by atoms with E-state index < -0.39 is 17.8 Å². The number of aliphatic hydroxyl groups is 1. The van der Waals surface area contributed by atoms with Crippen LogP contribution >= 0.6 is 0 Å². The summed E-state index contributed by atoms with van der Waals surface area (Å²) in [7, 11) is 0. The quantitative estimate of drug-likeness (QED) is 0.834. The molecule has 2 aromatic rings. The number of aliphatic hydroxyl groups excluding tert-OH is 1. The molecule has 2 heterocycles. The molecule has 2 aromatic carbocycles. The third kappa shape index (κ3) is 2.65. The van der Waals surface area contributed by atoms with Crippen LogP contribution in [-0.2, 0) is 6.42 Å². The van der Waals surface area contributed by atoms with Crippen molar-refractivity contribution in [1.82, 2.24) is 0 Å². The minimum atomic E-state index is -0.684. The fourth-order valence-electron chi connectivity index (χ4n) is 3.38. The Labute approximate surface area is 145 Å². The minimum absolute atomic E-state index is 0.00134. The van der Waals surface area contributed by atoms with Gasteiger partial charge in [-0.05, 0) is 43.7 Å². The fourth-order valence-corrected chi connectivity index (χ4v) is 3.38. The summed E-state index contributed by atoms with van der Waals surface area (Å²) in [6.45, 7) is 3.68. The first-order chi connectivity index (χ1) is 11.8. The first-order valence-electron chi connectivity index (χ1n) is 8.37. The average molecular weight is 340 g/mol. The van der Waals surface area contributed by atoms with Gasteiger partial charge in [0.05, 0.1) is 18.1 Å². The highest BCUT2D eigenvalue weighted by molar-refractivity contribution is 6.00. The van der Waals surface area contributed by atoms with Crippen molar-refractivity contribution in [3.8, 4) is 17.2 Å². The predicted molar refractivity (Wildman–Crippen MR) is 91.3 cm³/mol. The lowest BCUT2D eigenvalue weighted by Crippen LogP contribution is -2.46. The predicted octanol–water partition coefficient (Wildman–Crippen LogP) is 3.17. The molecule has 0 aromatic heterocycles. The third-order valence-electron chi connectivity index (χ3n) is 4.99. The van der Waals surface area contributed by atoms with Crippen LogP contribution in [0.5, 0.6) is 17.2 Å². The molecule has 2 aliphatic rings. The number of carbonyl (C=O) groups is 1. The van der Waals surface area contributed by atoms with Gasteiger partial charge in [0.15, 0.2) is 5.78 Å². The largest absolute Gasteiger partial charge is 0.508 e. The summed E-state index contributed by atoms with van der Waals surface area (Å²) >= 11 is 0. The van der Waals surface area contributed by atoms with Gasteiger partial charge in [0.1, 0.15) is 29.0 Å². The number of hydrogen-bond donors (Lipinski definition) is 2. The van der Waals surface area contributed by atoms with Gasteiger partial charge in [0, 0.05) is 12.0 Å². The molecule has 2 aliphatic heterocycles. The number of carbonyl (C=O) groups excluding carboxylic acids is 1. The minimum Gasteiger partial charge on any atom is -0.508 e. The van der Waals surface area contributed by atoms with Crippen molar-refractivity contribution in [1.29, 1.82) is 0 Å². The Morgan fingerprint density at radius 2 is 1.80 bits per heavy atom. The summed E-state index contributed by atoms with van der Waals surface area (Å²) in [5.41, 5.74) is 1.41. The van der Waals surface area contributed by atoms with Crippen molar-refractivity contribution in [3.63, 3.8) is 0 Å². The van der Waals surface area contributed by atoms with E-state index in [0.29, 0.717) is 23.5 Å².